The Labute approximate surface area is 163 Å². The first-order valence-corrected chi connectivity index (χ1v) is 9.38. The fourth-order valence-corrected chi connectivity index (χ4v) is 3.59. The van der Waals surface area contributed by atoms with Gasteiger partial charge in [0.25, 0.3) is 5.91 Å². The molecule has 3 rings (SSSR count). The van der Waals surface area contributed by atoms with E-state index in [1.54, 1.807) is 6.08 Å². The highest BCUT2D eigenvalue weighted by Gasteiger charge is 2.22. The number of ether oxygens (including phenoxy) is 1. The van der Waals surface area contributed by atoms with Gasteiger partial charge >= 0.3 is 0 Å². The Bertz CT molecular complexity index is 910. The number of halogens is 1. The predicted octanol–water partition coefficient (Wildman–Crippen LogP) is 4.13. The van der Waals surface area contributed by atoms with Gasteiger partial charge in [-0.2, -0.15) is 4.99 Å². The molecule has 0 atom stereocenters. The van der Waals surface area contributed by atoms with E-state index in [0.29, 0.717) is 16.7 Å². The maximum absolute atomic E-state index is 11.9. The Morgan fingerprint density at radius 1 is 1.27 bits per heavy atom. The summed E-state index contributed by atoms with van der Waals surface area (Å²) < 4.78 is 6.61. The van der Waals surface area contributed by atoms with Gasteiger partial charge in [0.05, 0.1) is 9.38 Å². The number of carbonyl (C=O) groups is 2. The minimum atomic E-state index is -0.362. The zero-order valence-electron chi connectivity index (χ0n) is 13.9. The van der Waals surface area contributed by atoms with Crippen LogP contribution in [0.4, 0.5) is 0 Å². The third kappa shape index (κ3) is 4.83. The van der Waals surface area contributed by atoms with Crippen LogP contribution in [0, 0.1) is 0 Å². The standard InChI is InChI=1S/C19H15BrN2O3S/c1-12(23)21-19-22-18(24)17(26-19)10-14-7-8-16(15(20)9-14)25-11-13-5-3-2-4-6-13/h2-10H,11H2,1H3,(H,21,22,23,24)/b17-10-. The summed E-state index contributed by atoms with van der Waals surface area (Å²) in [7, 11) is 0. The summed E-state index contributed by atoms with van der Waals surface area (Å²) in [5.41, 5.74) is 1.92. The van der Waals surface area contributed by atoms with Gasteiger partial charge in [-0.05, 0) is 57.0 Å². The first-order chi connectivity index (χ1) is 12.5. The van der Waals surface area contributed by atoms with Crippen molar-refractivity contribution in [2.75, 3.05) is 0 Å². The van der Waals surface area contributed by atoms with Crippen LogP contribution in [-0.2, 0) is 16.2 Å². The largest absolute Gasteiger partial charge is 0.488 e. The summed E-state index contributed by atoms with van der Waals surface area (Å²) in [6.45, 7) is 1.85. The number of carbonyl (C=O) groups excluding carboxylic acids is 2. The molecule has 0 spiro atoms. The molecule has 0 aromatic heterocycles. The number of amidine groups is 1. The van der Waals surface area contributed by atoms with E-state index in [1.807, 2.05) is 48.5 Å². The Morgan fingerprint density at radius 2 is 2.04 bits per heavy atom. The zero-order chi connectivity index (χ0) is 18.5. The first-order valence-electron chi connectivity index (χ1n) is 7.78. The topological polar surface area (TPSA) is 67.8 Å². The number of aliphatic imine (C=N–C) groups is 1. The fraction of sp³-hybridized carbons (Fsp3) is 0.105. The Balaban J connectivity index is 1.68. The number of nitrogens with one attached hydrogen (secondary N) is 1. The monoisotopic (exact) mass is 430 g/mol. The van der Waals surface area contributed by atoms with E-state index in [0.717, 1.165) is 33.1 Å². The lowest BCUT2D eigenvalue weighted by atomic mass is 10.2. The number of hydrogen-bond donors (Lipinski definition) is 1. The van der Waals surface area contributed by atoms with Crippen LogP contribution >= 0.6 is 27.7 Å². The Hall–Kier alpha value is -2.38. The molecule has 132 valence electrons. The van der Waals surface area contributed by atoms with Crippen molar-refractivity contribution in [3.63, 3.8) is 0 Å². The van der Waals surface area contributed by atoms with Crippen molar-refractivity contribution in [2.24, 2.45) is 4.99 Å². The number of rotatable bonds is 4. The highest BCUT2D eigenvalue weighted by molar-refractivity contribution is 9.10. The smallest absolute Gasteiger partial charge is 0.286 e. The van der Waals surface area contributed by atoms with Crippen molar-refractivity contribution in [1.29, 1.82) is 0 Å². The van der Waals surface area contributed by atoms with E-state index < -0.39 is 0 Å². The van der Waals surface area contributed by atoms with Crippen molar-refractivity contribution in [1.82, 2.24) is 5.32 Å². The van der Waals surface area contributed by atoms with Gasteiger partial charge in [-0.15, -0.1) is 0 Å². The van der Waals surface area contributed by atoms with Crippen LogP contribution in [0.15, 0.2) is 62.9 Å². The molecule has 26 heavy (non-hydrogen) atoms. The van der Waals surface area contributed by atoms with Crippen LogP contribution in [0.1, 0.15) is 18.1 Å². The molecule has 2 aromatic carbocycles. The number of thioether (sulfide) groups is 1. The lowest BCUT2D eigenvalue weighted by molar-refractivity contribution is -0.117. The average Bonchev–Trinajstić information content (AvgIpc) is 2.93. The van der Waals surface area contributed by atoms with Gasteiger partial charge in [0.2, 0.25) is 5.91 Å². The third-order valence-electron chi connectivity index (χ3n) is 3.39. The number of hydrogen-bond acceptors (Lipinski definition) is 4. The molecule has 2 amide bonds. The van der Waals surface area contributed by atoms with E-state index in [1.165, 1.54) is 6.92 Å². The third-order valence-corrected chi connectivity index (χ3v) is 4.91. The van der Waals surface area contributed by atoms with Crippen LogP contribution in [0.25, 0.3) is 6.08 Å². The minimum Gasteiger partial charge on any atom is -0.488 e. The van der Waals surface area contributed by atoms with Gasteiger partial charge < -0.3 is 10.1 Å². The van der Waals surface area contributed by atoms with E-state index in [9.17, 15) is 9.59 Å². The zero-order valence-corrected chi connectivity index (χ0v) is 16.3. The van der Waals surface area contributed by atoms with Gasteiger partial charge in [-0.3, -0.25) is 9.59 Å². The second kappa shape index (κ2) is 8.33. The molecule has 5 nitrogen and oxygen atoms in total. The summed E-state index contributed by atoms with van der Waals surface area (Å²) in [6.07, 6.45) is 1.73. The highest BCUT2D eigenvalue weighted by atomic mass is 79.9. The van der Waals surface area contributed by atoms with Crippen LogP contribution < -0.4 is 10.1 Å². The van der Waals surface area contributed by atoms with Crippen molar-refractivity contribution in [3.8, 4) is 5.75 Å². The molecule has 0 bridgehead atoms. The minimum absolute atomic E-state index is 0.257. The van der Waals surface area contributed by atoms with E-state index in [-0.39, 0.29) is 11.8 Å². The van der Waals surface area contributed by atoms with Crippen molar-refractivity contribution >= 4 is 50.7 Å². The first kappa shape index (κ1) is 18.4. The number of amides is 2. The number of benzene rings is 2. The normalized spacial score (nSPS) is 15.1. The average molecular weight is 431 g/mol. The summed E-state index contributed by atoms with van der Waals surface area (Å²) in [5.74, 6) is 0.101. The predicted molar refractivity (Wildman–Crippen MR) is 107 cm³/mol. The van der Waals surface area contributed by atoms with Crippen LogP contribution in [0.5, 0.6) is 5.75 Å². The lowest BCUT2D eigenvalue weighted by Gasteiger charge is -2.09. The van der Waals surface area contributed by atoms with Gasteiger partial charge in [0.15, 0.2) is 5.17 Å². The summed E-state index contributed by atoms with van der Waals surface area (Å²) in [6, 6.07) is 15.5. The van der Waals surface area contributed by atoms with E-state index >= 15 is 0 Å². The van der Waals surface area contributed by atoms with Crippen molar-refractivity contribution in [3.05, 3.63) is 69.0 Å². The molecule has 1 aliphatic rings. The van der Waals surface area contributed by atoms with Gasteiger partial charge in [0.1, 0.15) is 12.4 Å². The summed E-state index contributed by atoms with van der Waals surface area (Å²) >= 11 is 4.64. The molecule has 7 heteroatoms. The summed E-state index contributed by atoms with van der Waals surface area (Å²) in [4.78, 5) is 27.2. The van der Waals surface area contributed by atoms with Crippen LogP contribution in [0.3, 0.4) is 0 Å². The van der Waals surface area contributed by atoms with E-state index in [2.05, 4.69) is 26.2 Å². The maximum Gasteiger partial charge on any atom is 0.286 e. The molecule has 0 saturated heterocycles. The number of nitrogens with zero attached hydrogens (tertiary/aromatic N) is 1. The highest BCUT2D eigenvalue weighted by Crippen LogP contribution is 2.31. The Morgan fingerprint density at radius 3 is 2.73 bits per heavy atom. The molecule has 2 aromatic rings. The maximum atomic E-state index is 11.9. The molecule has 0 fully saturated rings. The van der Waals surface area contributed by atoms with E-state index in [4.69, 9.17) is 4.74 Å². The second-order valence-electron chi connectivity index (χ2n) is 5.48. The molecular weight excluding hydrogens is 416 g/mol. The molecule has 0 radical (unpaired) electrons. The second-order valence-corrected chi connectivity index (χ2v) is 7.36. The van der Waals surface area contributed by atoms with Gasteiger partial charge in [0, 0.05) is 6.92 Å². The molecular formula is C19H15BrN2O3S. The van der Waals surface area contributed by atoms with Crippen LogP contribution in [-0.4, -0.2) is 17.0 Å². The van der Waals surface area contributed by atoms with Gasteiger partial charge in [-0.1, -0.05) is 36.4 Å². The SMILES string of the molecule is CC(=O)NC1=NC(=O)/C(=C/c2ccc(OCc3ccccc3)c(Br)c2)S1. The molecule has 0 saturated carbocycles. The molecule has 0 unspecified atom stereocenters. The van der Waals surface area contributed by atoms with Crippen LogP contribution in [0.2, 0.25) is 0 Å². The Kier molecular flexibility index (Phi) is 5.90. The molecule has 1 N–H and O–H groups in total. The van der Waals surface area contributed by atoms with Crippen molar-refractivity contribution in [2.45, 2.75) is 13.5 Å². The molecule has 1 aliphatic heterocycles. The quantitative estimate of drug-likeness (QED) is 0.740. The van der Waals surface area contributed by atoms with Crippen molar-refractivity contribution < 1.29 is 14.3 Å². The molecule has 1 heterocycles. The summed E-state index contributed by atoms with van der Waals surface area (Å²) in [5, 5.41) is 2.83. The van der Waals surface area contributed by atoms with Gasteiger partial charge in [-0.25, -0.2) is 0 Å². The fourth-order valence-electron chi connectivity index (χ4n) is 2.22. The molecule has 0 aliphatic carbocycles. The lowest BCUT2D eigenvalue weighted by Crippen LogP contribution is -2.23.